The quantitative estimate of drug-likeness (QED) is 0.562. The average molecular weight is 357 g/mol. The fraction of sp³-hybridized carbons (Fsp3) is 0.400. The van der Waals surface area contributed by atoms with Crippen LogP contribution >= 0.6 is 0 Å². The molecule has 2 rings (SSSR count). The van der Waals surface area contributed by atoms with Gasteiger partial charge in [0, 0.05) is 31.5 Å². The van der Waals surface area contributed by atoms with Gasteiger partial charge in [-0.3, -0.25) is 4.79 Å². The van der Waals surface area contributed by atoms with E-state index in [0.29, 0.717) is 35.7 Å². The smallest absolute Gasteiger partial charge is 0.340 e. The molecule has 1 amide bonds. The maximum Gasteiger partial charge on any atom is 0.340 e. The summed E-state index contributed by atoms with van der Waals surface area (Å²) in [7, 11) is 2.03. The molecule has 0 fully saturated rings. The molecule has 6 heteroatoms. The molecule has 0 aliphatic rings. The molecule has 26 heavy (non-hydrogen) atoms. The summed E-state index contributed by atoms with van der Waals surface area (Å²) in [6.45, 7) is 6.98. The van der Waals surface area contributed by atoms with Gasteiger partial charge in [0.05, 0.1) is 12.2 Å². The molecule has 0 radical (unpaired) electrons. The van der Waals surface area contributed by atoms with Gasteiger partial charge < -0.3 is 19.9 Å². The van der Waals surface area contributed by atoms with Crippen LogP contribution in [-0.2, 0) is 4.74 Å². The summed E-state index contributed by atoms with van der Waals surface area (Å²) in [6.07, 6.45) is 0.820. The highest BCUT2D eigenvalue weighted by Crippen LogP contribution is 2.19. The lowest BCUT2D eigenvalue weighted by molar-refractivity contribution is 0.0525. The number of rotatable bonds is 8. The number of benzene rings is 1. The predicted molar refractivity (Wildman–Crippen MR) is 103 cm³/mol. The first-order chi connectivity index (χ1) is 12.5. The normalized spacial score (nSPS) is 10.5. The van der Waals surface area contributed by atoms with Gasteiger partial charge in [-0.2, -0.15) is 0 Å². The third-order valence-corrected chi connectivity index (χ3v) is 4.30. The van der Waals surface area contributed by atoms with Crippen LogP contribution in [-0.4, -0.2) is 43.6 Å². The molecule has 0 atom stereocenters. The Morgan fingerprint density at radius 3 is 2.54 bits per heavy atom. The molecule has 0 aliphatic carbocycles. The summed E-state index contributed by atoms with van der Waals surface area (Å²) < 4.78 is 5.05. The predicted octanol–water partition coefficient (Wildman–Crippen LogP) is 3.06. The Bertz CT molecular complexity index is 753. The summed E-state index contributed by atoms with van der Waals surface area (Å²) in [5, 5.41) is 2.91. The largest absolute Gasteiger partial charge is 0.462 e. The number of nitrogens with zero attached hydrogens (tertiary/aromatic N) is 1. The second-order valence-electron chi connectivity index (χ2n) is 6.21. The lowest BCUT2D eigenvalue weighted by Gasteiger charge is -2.19. The number of aromatic nitrogens is 1. The zero-order valence-electron chi connectivity index (χ0n) is 15.9. The molecule has 6 nitrogen and oxygen atoms in total. The van der Waals surface area contributed by atoms with Crippen molar-refractivity contribution >= 4 is 17.6 Å². The van der Waals surface area contributed by atoms with Gasteiger partial charge in [0.25, 0.3) is 5.91 Å². The molecule has 1 heterocycles. The molecule has 0 saturated heterocycles. The average Bonchev–Trinajstić information content (AvgIpc) is 2.93. The summed E-state index contributed by atoms with van der Waals surface area (Å²) in [5.74, 6) is -0.606. The Labute approximate surface area is 154 Å². The minimum Gasteiger partial charge on any atom is -0.462 e. The molecule has 1 aromatic heterocycles. The van der Waals surface area contributed by atoms with E-state index < -0.39 is 5.97 Å². The van der Waals surface area contributed by atoms with E-state index in [2.05, 4.69) is 27.3 Å². The lowest BCUT2D eigenvalue weighted by Crippen LogP contribution is -2.28. The number of anilines is 1. The number of esters is 1. The van der Waals surface area contributed by atoms with E-state index in [1.165, 1.54) is 0 Å². The number of amides is 1. The van der Waals surface area contributed by atoms with Gasteiger partial charge in [0.2, 0.25) is 0 Å². The van der Waals surface area contributed by atoms with Gasteiger partial charge >= 0.3 is 5.97 Å². The van der Waals surface area contributed by atoms with Crippen molar-refractivity contribution in [3.63, 3.8) is 0 Å². The summed E-state index contributed by atoms with van der Waals surface area (Å²) >= 11 is 0. The standard InChI is InChI=1S/C20H27N3O3/c1-5-26-20(25)17-14(2)18(22-15(17)3)19(24)21-12-9-13-23(4)16-10-7-6-8-11-16/h6-8,10-11,22H,5,9,12-13H2,1-4H3,(H,21,24). The van der Waals surface area contributed by atoms with Crippen LogP contribution in [0.3, 0.4) is 0 Å². The van der Waals surface area contributed by atoms with E-state index in [9.17, 15) is 9.59 Å². The van der Waals surface area contributed by atoms with Crippen molar-refractivity contribution in [3.8, 4) is 0 Å². The second kappa shape index (κ2) is 9.08. The Hall–Kier alpha value is -2.76. The first kappa shape index (κ1) is 19.6. The number of aromatic amines is 1. The molecule has 1 aromatic carbocycles. The van der Waals surface area contributed by atoms with Gasteiger partial charge in [-0.25, -0.2) is 4.79 Å². The topological polar surface area (TPSA) is 74.4 Å². The third-order valence-electron chi connectivity index (χ3n) is 4.30. The fourth-order valence-corrected chi connectivity index (χ4v) is 2.90. The molecule has 0 unspecified atom stereocenters. The molecule has 0 saturated carbocycles. The van der Waals surface area contributed by atoms with Crippen LogP contribution < -0.4 is 10.2 Å². The number of hydrogen-bond acceptors (Lipinski definition) is 4. The van der Waals surface area contributed by atoms with Crippen molar-refractivity contribution in [2.45, 2.75) is 27.2 Å². The molecule has 0 aliphatic heterocycles. The Morgan fingerprint density at radius 2 is 1.88 bits per heavy atom. The maximum absolute atomic E-state index is 12.4. The summed E-state index contributed by atoms with van der Waals surface area (Å²) in [4.78, 5) is 29.6. The molecule has 140 valence electrons. The van der Waals surface area contributed by atoms with Crippen LogP contribution in [0.25, 0.3) is 0 Å². The highest BCUT2D eigenvalue weighted by molar-refractivity contribution is 6.00. The van der Waals surface area contributed by atoms with Crippen LogP contribution in [0.4, 0.5) is 5.69 Å². The van der Waals surface area contributed by atoms with Gasteiger partial charge in [0.15, 0.2) is 0 Å². The molecule has 2 aromatic rings. The molecule has 0 spiro atoms. The highest BCUT2D eigenvalue weighted by Gasteiger charge is 2.22. The molecule has 2 N–H and O–H groups in total. The Morgan fingerprint density at radius 1 is 1.19 bits per heavy atom. The number of H-pyrrole nitrogens is 1. The monoisotopic (exact) mass is 357 g/mol. The van der Waals surface area contributed by atoms with Crippen LogP contribution in [0.5, 0.6) is 0 Å². The third kappa shape index (κ3) is 4.65. The van der Waals surface area contributed by atoms with E-state index in [-0.39, 0.29) is 5.91 Å². The minimum atomic E-state index is -0.401. The van der Waals surface area contributed by atoms with Crippen LogP contribution in [0.15, 0.2) is 30.3 Å². The van der Waals surface area contributed by atoms with Crippen molar-refractivity contribution in [3.05, 3.63) is 52.8 Å². The number of para-hydroxylation sites is 1. The molecular weight excluding hydrogens is 330 g/mol. The number of carbonyl (C=O) groups excluding carboxylic acids is 2. The summed E-state index contributed by atoms with van der Waals surface area (Å²) in [6, 6.07) is 10.1. The maximum atomic E-state index is 12.4. The Balaban J connectivity index is 1.88. The number of nitrogens with one attached hydrogen (secondary N) is 2. The molecule has 0 bridgehead atoms. The highest BCUT2D eigenvalue weighted by atomic mass is 16.5. The van der Waals surface area contributed by atoms with E-state index in [4.69, 9.17) is 4.74 Å². The number of carbonyl (C=O) groups is 2. The number of ether oxygens (including phenoxy) is 1. The second-order valence-corrected chi connectivity index (χ2v) is 6.21. The first-order valence-corrected chi connectivity index (χ1v) is 8.86. The fourth-order valence-electron chi connectivity index (χ4n) is 2.90. The summed E-state index contributed by atoms with van der Waals surface area (Å²) in [5.41, 5.74) is 3.28. The zero-order chi connectivity index (χ0) is 19.1. The Kier molecular flexibility index (Phi) is 6.83. The van der Waals surface area contributed by atoms with E-state index in [1.807, 2.05) is 25.2 Å². The van der Waals surface area contributed by atoms with Crippen molar-refractivity contribution in [1.82, 2.24) is 10.3 Å². The zero-order valence-corrected chi connectivity index (χ0v) is 15.9. The number of aryl methyl sites for hydroxylation is 1. The van der Waals surface area contributed by atoms with Crippen molar-refractivity contribution in [2.24, 2.45) is 0 Å². The van der Waals surface area contributed by atoms with Crippen LogP contribution in [0, 0.1) is 13.8 Å². The first-order valence-electron chi connectivity index (χ1n) is 8.86. The van der Waals surface area contributed by atoms with Crippen molar-refractivity contribution in [2.75, 3.05) is 31.6 Å². The lowest BCUT2D eigenvalue weighted by atomic mass is 10.1. The number of hydrogen-bond donors (Lipinski definition) is 2. The van der Waals surface area contributed by atoms with Gasteiger partial charge in [-0.05, 0) is 44.9 Å². The van der Waals surface area contributed by atoms with E-state index in [0.717, 1.165) is 18.7 Å². The van der Waals surface area contributed by atoms with Crippen LogP contribution in [0.2, 0.25) is 0 Å². The van der Waals surface area contributed by atoms with Crippen molar-refractivity contribution in [1.29, 1.82) is 0 Å². The van der Waals surface area contributed by atoms with Gasteiger partial charge in [0.1, 0.15) is 5.69 Å². The minimum absolute atomic E-state index is 0.205. The van der Waals surface area contributed by atoms with Gasteiger partial charge in [-0.15, -0.1) is 0 Å². The van der Waals surface area contributed by atoms with E-state index >= 15 is 0 Å². The van der Waals surface area contributed by atoms with Crippen LogP contribution in [0.1, 0.15) is 45.4 Å². The van der Waals surface area contributed by atoms with Crippen molar-refractivity contribution < 1.29 is 14.3 Å². The molecular formula is C20H27N3O3. The SMILES string of the molecule is CCOC(=O)c1c(C)[nH]c(C(=O)NCCCN(C)c2ccccc2)c1C. The van der Waals surface area contributed by atoms with Gasteiger partial charge in [-0.1, -0.05) is 18.2 Å². The van der Waals surface area contributed by atoms with E-state index in [1.54, 1.807) is 20.8 Å².